The Bertz CT molecular complexity index is 505. The van der Waals surface area contributed by atoms with Gasteiger partial charge in [0.15, 0.2) is 0 Å². The molecule has 1 aromatic rings. The maximum absolute atomic E-state index is 11.8. The number of esters is 1. The van der Waals surface area contributed by atoms with Gasteiger partial charge in [-0.25, -0.2) is 0 Å². The van der Waals surface area contributed by atoms with Gasteiger partial charge in [-0.1, -0.05) is 51.1 Å². The first kappa shape index (κ1) is 20.0. The Morgan fingerprint density at radius 1 is 1.30 bits per heavy atom. The van der Waals surface area contributed by atoms with Gasteiger partial charge in [0.05, 0.1) is 0 Å². The molecule has 0 amide bonds. The van der Waals surface area contributed by atoms with Crippen LogP contribution in [0.4, 0.5) is 0 Å². The van der Waals surface area contributed by atoms with E-state index in [4.69, 9.17) is 4.74 Å². The smallest absolute Gasteiger partial charge is 0.303 e. The number of carbonyl (C=O) groups is 1. The molecule has 1 aliphatic rings. The first-order chi connectivity index (χ1) is 10.3. The third-order valence-corrected chi connectivity index (χ3v) is 4.71. The second-order valence-corrected chi connectivity index (χ2v) is 7.15. The summed E-state index contributed by atoms with van der Waals surface area (Å²) in [5, 5.41) is 0. The van der Waals surface area contributed by atoms with E-state index in [0.29, 0.717) is 12.0 Å². The van der Waals surface area contributed by atoms with Gasteiger partial charge in [0, 0.05) is 38.4 Å². The van der Waals surface area contributed by atoms with Crippen molar-refractivity contribution in [2.75, 3.05) is 13.1 Å². The fourth-order valence-electron chi connectivity index (χ4n) is 3.75. The Hall–Kier alpha value is -1.06. The number of carbonyl (C=O) groups excluding carboxylic acids is 1. The fraction of sp³-hybridized carbons (Fsp3) is 0.632. The SMILES string of the molecule is CC(=O)OC1(c2ccccc2)CC(C)N(CC(C)C)C[C@@H]1C.Cl. The van der Waals surface area contributed by atoms with E-state index < -0.39 is 5.60 Å². The van der Waals surface area contributed by atoms with Crippen molar-refractivity contribution < 1.29 is 9.53 Å². The molecule has 0 bridgehead atoms. The number of benzene rings is 1. The Labute approximate surface area is 146 Å². The molecule has 0 N–H and O–H groups in total. The number of nitrogens with zero attached hydrogens (tertiary/aromatic N) is 1. The summed E-state index contributed by atoms with van der Waals surface area (Å²) >= 11 is 0. The number of piperidine rings is 1. The van der Waals surface area contributed by atoms with Crippen molar-refractivity contribution in [3.05, 3.63) is 35.9 Å². The first-order valence-corrected chi connectivity index (χ1v) is 8.34. The summed E-state index contributed by atoms with van der Waals surface area (Å²) < 4.78 is 5.94. The molecule has 0 aliphatic carbocycles. The van der Waals surface area contributed by atoms with Crippen molar-refractivity contribution in [1.82, 2.24) is 4.90 Å². The topological polar surface area (TPSA) is 29.5 Å². The molecule has 0 saturated carbocycles. The zero-order chi connectivity index (χ0) is 16.3. The average Bonchev–Trinajstić information content (AvgIpc) is 2.44. The van der Waals surface area contributed by atoms with Crippen LogP contribution in [0.5, 0.6) is 0 Å². The summed E-state index contributed by atoms with van der Waals surface area (Å²) in [5.41, 5.74) is 0.619. The van der Waals surface area contributed by atoms with Gasteiger partial charge in [-0.05, 0) is 18.4 Å². The molecule has 0 spiro atoms. The number of hydrogen-bond acceptors (Lipinski definition) is 3. The van der Waals surface area contributed by atoms with Crippen molar-refractivity contribution in [2.24, 2.45) is 11.8 Å². The highest BCUT2D eigenvalue weighted by atomic mass is 35.5. The van der Waals surface area contributed by atoms with E-state index in [-0.39, 0.29) is 24.3 Å². The third-order valence-electron chi connectivity index (χ3n) is 4.71. The highest BCUT2D eigenvalue weighted by molar-refractivity contribution is 5.85. The molecule has 0 aromatic heterocycles. The van der Waals surface area contributed by atoms with Gasteiger partial charge in [-0.15, -0.1) is 12.4 Å². The maximum Gasteiger partial charge on any atom is 0.303 e. The van der Waals surface area contributed by atoms with Gasteiger partial charge in [0.1, 0.15) is 5.60 Å². The zero-order valence-electron chi connectivity index (χ0n) is 14.9. The lowest BCUT2D eigenvalue weighted by atomic mass is 9.74. The van der Waals surface area contributed by atoms with E-state index in [1.54, 1.807) is 0 Å². The predicted molar refractivity (Wildman–Crippen MR) is 96.8 cm³/mol. The molecule has 1 fully saturated rings. The zero-order valence-corrected chi connectivity index (χ0v) is 15.7. The number of ether oxygens (including phenoxy) is 1. The van der Waals surface area contributed by atoms with Crippen molar-refractivity contribution in [3.8, 4) is 0 Å². The molecule has 2 rings (SSSR count). The van der Waals surface area contributed by atoms with Crippen LogP contribution in [-0.2, 0) is 15.1 Å². The Kier molecular flexibility index (Phi) is 7.09. The molecule has 130 valence electrons. The minimum Gasteiger partial charge on any atom is -0.454 e. The molecule has 1 aliphatic heterocycles. The molecule has 3 atom stereocenters. The molecule has 3 nitrogen and oxygen atoms in total. The summed E-state index contributed by atoms with van der Waals surface area (Å²) in [6.07, 6.45) is 0.852. The molecule has 1 heterocycles. The molecule has 2 unspecified atom stereocenters. The van der Waals surface area contributed by atoms with E-state index in [1.807, 2.05) is 18.2 Å². The predicted octanol–water partition coefficient (Wildman–Crippen LogP) is 4.25. The fourth-order valence-corrected chi connectivity index (χ4v) is 3.75. The largest absolute Gasteiger partial charge is 0.454 e. The van der Waals surface area contributed by atoms with Gasteiger partial charge < -0.3 is 4.74 Å². The lowest BCUT2D eigenvalue weighted by molar-refractivity contribution is -0.176. The third kappa shape index (κ3) is 4.48. The van der Waals surface area contributed by atoms with E-state index in [1.165, 1.54) is 6.92 Å². The lowest BCUT2D eigenvalue weighted by Crippen LogP contribution is -2.55. The van der Waals surface area contributed by atoms with Crippen LogP contribution in [0.15, 0.2) is 30.3 Å². The molecular weight excluding hydrogens is 310 g/mol. The van der Waals surface area contributed by atoms with E-state index in [2.05, 4.69) is 44.7 Å². The van der Waals surface area contributed by atoms with E-state index >= 15 is 0 Å². The van der Waals surface area contributed by atoms with Crippen LogP contribution in [-0.4, -0.2) is 30.0 Å². The van der Waals surface area contributed by atoms with Crippen LogP contribution in [0.3, 0.4) is 0 Å². The van der Waals surface area contributed by atoms with Gasteiger partial charge in [0.2, 0.25) is 0 Å². The minimum atomic E-state index is -0.500. The highest BCUT2D eigenvalue weighted by Crippen LogP contribution is 2.43. The van der Waals surface area contributed by atoms with Crippen LogP contribution >= 0.6 is 12.4 Å². The summed E-state index contributed by atoms with van der Waals surface area (Å²) in [6.45, 7) is 12.5. The summed E-state index contributed by atoms with van der Waals surface area (Å²) in [5.74, 6) is 0.724. The second kappa shape index (κ2) is 8.16. The Morgan fingerprint density at radius 3 is 2.43 bits per heavy atom. The normalized spacial score (nSPS) is 28.3. The number of halogens is 1. The van der Waals surface area contributed by atoms with Crippen molar-refractivity contribution >= 4 is 18.4 Å². The van der Waals surface area contributed by atoms with Crippen LogP contribution in [0.25, 0.3) is 0 Å². The maximum atomic E-state index is 11.8. The molecule has 0 radical (unpaired) electrons. The highest BCUT2D eigenvalue weighted by Gasteiger charge is 2.47. The minimum absolute atomic E-state index is 0. The molecule has 23 heavy (non-hydrogen) atoms. The molecule has 4 heteroatoms. The second-order valence-electron chi connectivity index (χ2n) is 7.15. The average molecular weight is 340 g/mol. The van der Waals surface area contributed by atoms with Crippen LogP contribution in [0, 0.1) is 11.8 Å². The van der Waals surface area contributed by atoms with E-state index in [9.17, 15) is 4.79 Å². The summed E-state index contributed by atoms with van der Waals surface area (Å²) in [6, 6.07) is 10.6. The number of rotatable bonds is 4. The van der Waals surface area contributed by atoms with Crippen molar-refractivity contribution in [1.29, 1.82) is 0 Å². The number of hydrogen-bond donors (Lipinski definition) is 0. The molecule has 1 saturated heterocycles. The van der Waals surface area contributed by atoms with Gasteiger partial charge in [-0.3, -0.25) is 9.69 Å². The summed E-state index contributed by atoms with van der Waals surface area (Å²) in [4.78, 5) is 14.3. The van der Waals surface area contributed by atoms with Gasteiger partial charge in [-0.2, -0.15) is 0 Å². The molecule has 1 aromatic carbocycles. The van der Waals surface area contributed by atoms with Crippen LogP contribution in [0.2, 0.25) is 0 Å². The Morgan fingerprint density at radius 2 is 1.91 bits per heavy atom. The first-order valence-electron chi connectivity index (χ1n) is 8.34. The molecular formula is C19H30ClNO2. The van der Waals surface area contributed by atoms with Crippen LogP contribution < -0.4 is 0 Å². The van der Waals surface area contributed by atoms with Crippen molar-refractivity contribution in [2.45, 2.75) is 52.7 Å². The number of likely N-dealkylation sites (tertiary alicyclic amines) is 1. The van der Waals surface area contributed by atoms with Crippen LogP contribution in [0.1, 0.15) is 46.6 Å². The van der Waals surface area contributed by atoms with Gasteiger partial charge >= 0.3 is 5.97 Å². The van der Waals surface area contributed by atoms with E-state index in [0.717, 1.165) is 25.1 Å². The monoisotopic (exact) mass is 339 g/mol. The lowest BCUT2D eigenvalue weighted by Gasteiger charge is -2.49. The van der Waals surface area contributed by atoms with Gasteiger partial charge in [0.25, 0.3) is 0 Å². The van der Waals surface area contributed by atoms with Crippen molar-refractivity contribution in [3.63, 3.8) is 0 Å². The standard InChI is InChI=1S/C19H29NO2.ClH/c1-14(2)12-20-13-15(3)19(11-16(20)4,22-17(5)21)18-9-7-6-8-10-18;/h6-10,14-16H,11-13H2,1-5H3;1H/t15-,16?,19?;/m0./s1. The quantitative estimate of drug-likeness (QED) is 0.768. The Balaban J connectivity index is 0.00000264. The summed E-state index contributed by atoms with van der Waals surface area (Å²) in [7, 11) is 0.